The predicted octanol–water partition coefficient (Wildman–Crippen LogP) is 2.28. The van der Waals surface area contributed by atoms with Crippen LogP contribution in [-0.2, 0) is 4.74 Å². The number of carbonyl (C=O) groups is 1. The van der Waals surface area contributed by atoms with Gasteiger partial charge in [-0.05, 0) is 28.7 Å². The Balaban J connectivity index is 3.48. The number of hydrogen-bond donors (Lipinski definition) is 0. The van der Waals surface area contributed by atoms with E-state index in [2.05, 4.69) is 9.72 Å². The Kier molecular flexibility index (Phi) is 4.12. The first kappa shape index (κ1) is 12.8. The highest BCUT2D eigenvalue weighted by Crippen LogP contribution is 2.28. The average molecular weight is 338 g/mol. The van der Waals surface area contributed by atoms with Crippen LogP contribution in [0.1, 0.15) is 28.2 Å². The van der Waals surface area contributed by atoms with E-state index < -0.39 is 23.7 Å². The van der Waals surface area contributed by atoms with E-state index in [1.54, 1.807) is 28.7 Å². The summed E-state index contributed by atoms with van der Waals surface area (Å²) in [5, 5.41) is 8.62. The monoisotopic (exact) mass is 338 g/mol. The summed E-state index contributed by atoms with van der Waals surface area (Å²) in [4.78, 5) is 14.8. The van der Waals surface area contributed by atoms with Gasteiger partial charge in [-0.25, -0.2) is 18.6 Å². The summed E-state index contributed by atoms with van der Waals surface area (Å²) in [6, 6.07) is 2.87. The third kappa shape index (κ3) is 2.44. The zero-order valence-electron chi connectivity index (χ0n) is 8.00. The van der Waals surface area contributed by atoms with Crippen molar-refractivity contribution in [2.75, 3.05) is 7.11 Å². The lowest BCUT2D eigenvalue weighted by Gasteiger charge is -2.08. The molecule has 0 atom stereocenters. The molecule has 0 radical (unpaired) electrons. The van der Waals surface area contributed by atoms with Crippen LogP contribution in [0.25, 0.3) is 0 Å². The van der Waals surface area contributed by atoms with Gasteiger partial charge in [0.2, 0.25) is 0 Å². The molecule has 0 saturated carbocycles. The number of alkyl halides is 2. The maximum absolute atomic E-state index is 12.7. The van der Waals surface area contributed by atoms with Gasteiger partial charge in [-0.1, -0.05) is 0 Å². The molecule has 0 bridgehead atoms. The third-order valence-corrected chi connectivity index (χ3v) is 2.61. The first-order valence-electron chi connectivity index (χ1n) is 3.98. The van der Waals surface area contributed by atoms with Crippen LogP contribution in [0.2, 0.25) is 0 Å². The minimum absolute atomic E-state index is 0.103. The van der Waals surface area contributed by atoms with Crippen LogP contribution in [0.4, 0.5) is 8.78 Å². The Labute approximate surface area is 103 Å². The standard InChI is InChI=1S/C9H5F2IN2O2/c1-16-9(15)7-6(8(10)11)5(12)2-4(3-13)14-7/h2,8H,1H3. The number of rotatable bonds is 2. The van der Waals surface area contributed by atoms with Crippen LogP contribution < -0.4 is 0 Å². The molecule has 16 heavy (non-hydrogen) atoms. The summed E-state index contributed by atoms with van der Waals surface area (Å²) in [7, 11) is 1.06. The van der Waals surface area contributed by atoms with E-state index in [0.717, 1.165) is 7.11 Å². The van der Waals surface area contributed by atoms with Crippen LogP contribution in [0.3, 0.4) is 0 Å². The first-order chi connectivity index (χ1) is 7.51. The van der Waals surface area contributed by atoms with Gasteiger partial charge in [0.05, 0.1) is 12.7 Å². The summed E-state index contributed by atoms with van der Waals surface area (Å²) in [6.07, 6.45) is -2.85. The van der Waals surface area contributed by atoms with E-state index in [-0.39, 0.29) is 9.26 Å². The summed E-state index contributed by atoms with van der Waals surface area (Å²) in [6.45, 7) is 0. The molecule has 1 aromatic heterocycles. The number of halogens is 3. The van der Waals surface area contributed by atoms with Crippen molar-refractivity contribution in [1.29, 1.82) is 5.26 Å². The third-order valence-electron chi connectivity index (χ3n) is 1.72. The number of pyridine rings is 1. The molecule has 1 aromatic rings. The number of carbonyl (C=O) groups excluding carboxylic acids is 1. The van der Waals surface area contributed by atoms with Crippen LogP contribution >= 0.6 is 22.6 Å². The minimum Gasteiger partial charge on any atom is -0.464 e. The molecule has 0 aliphatic carbocycles. The maximum atomic E-state index is 12.7. The molecule has 0 amide bonds. The van der Waals surface area contributed by atoms with Gasteiger partial charge < -0.3 is 4.74 Å². The molecular formula is C9H5F2IN2O2. The smallest absolute Gasteiger partial charge is 0.357 e. The first-order valence-corrected chi connectivity index (χ1v) is 5.06. The van der Waals surface area contributed by atoms with Crippen LogP contribution in [0.15, 0.2) is 6.07 Å². The van der Waals surface area contributed by atoms with E-state index in [4.69, 9.17) is 5.26 Å². The summed E-state index contributed by atoms with van der Waals surface area (Å²) in [5.41, 5.74) is -1.12. The van der Waals surface area contributed by atoms with Gasteiger partial charge in [0.25, 0.3) is 6.43 Å². The van der Waals surface area contributed by atoms with Gasteiger partial charge in [-0.15, -0.1) is 0 Å². The zero-order valence-corrected chi connectivity index (χ0v) is 10.2. The van der Waals surface area contributed by atoms with Crippen LogP contribution in [0, 0.1) is 14.9 Å². The Bertz CT molecular complexity index is 471. The molecule has 0 aromatic carbocycles. The highest BCUT2D eigenvalue weighted by atomic mass is 127. The molecule has 7 heteroatoms. The number of hydrogen-bond acceptors (Lipinski definition) is 4. The normalized spacial score (nSPS) is 10.0. The Morgan fingerprint density at radius 2 is 2.31 bits per heavy atom. The topological polar surface area (TPSA) is 63.0 Å². The average Bonchev–Trinajstić information content (AvgIpc) is 2.26. The second-order valence-corrected chi connectivity index (χ2v) is 3.82. The quantitative estimate of drug-likeness (QED) is 0.613. The second-order valence-electron chi connectivity index (χ2n) is 2.66. The SMILES string of the molecule is COC(=O)c1nc(C#N)cc(I)c1C(F)F. The van der Waals surface area contributed by atoms with Gasteiger partial charge in [0.1, 0.15) is 11.8 Å². The molecule has 1 heterocycles. The van der Waals surface area contributed by atoms with E-state index in [9.17, 15) is 13.6 Å². The zero-order chi connectivity index (χ0) is 12.3. The summed E-state index contributed by atoms with van der Waals surface area (Å²) < 4.78 is 29.8. The number of nitriles is 1. The fraction of sp³-hybridized carbons (Fsp3) is 0.222. The fourth-order valence-corrected chi connectivity index (χ4v) is 1.83. The van der Waals surface area contributed by atoms with Gasteiger partial charge in [0.15, 0.2) is 5.69 Å². The van der Waals surface area contributed by atoms with Crippen molar-refractivity contribution in [2.24, 2.45) is 0 Å². The molecule has 0 fully saturated rings. The highest BCUT2D eigenvalue weighted by molar-refractivity contribution is 14.1. The van der Waals surface area contributed by atoms with Crippen molar-refractivity contribution in [3.8, 4) is 6.07 Å². The van der Waals surface area contributed by atoms with Gasteiger partial charge in [-0.3, -0.25) is 0 Å². The highest BCUT2D eigenvalue weighted by Gasteiger charge is 2.24. The van der Waals surface area contributed by atoms with Crippen LogP contribution in [-0.4, -0.2) is 18.1 Å². The van der Waals surface area contributed by atoms with Crippen molar-refractivity contribution >= 4 is 28.6 Å². The van der Waals surface area contributed by atoms with E-state index in [0.29, 0.717) is 0 Å². The number of aromatic nitrogens is 1. The molecule has 0 spiro atoms. The van der Waals surface area contributed by atoms with Crippen molar-refractivity contribution < 1.29 is 18.3 Å². The van der Waals surface area contributed by atoms with Crippen molar-refractivity contribution in [2.45, 2.75) is 6.43 Å². The molecule has 4 nitrogen and oxygen atoms in total. The summed E-state index contributed by atoms with van der Waals surface area (Å²) in [5.74, 6) is -0.981. The van der Waals surface area contributed by atoms with Crippen LogP contribution in [0.5, 0.6) is 0 Å². The van der Waals surface area contributed by atoms with Gasteiger partial charge in [0, 0.05) is 3.57 Å². The Morgan fingerprint density at radius 3 is 2.75 bits per heavy atom. The predicted molar refractivity (Wildman–Crippen MR) is 58.0 cm³/mol. The van der Waals surface area contributed by atoms with Gasteiger partial charge >= 0.3 is 5.97 Å². The molecule has 0 N–H and O–H groups in total. The lowest BCUT2D eigenvalue weighted by molar-refractivity contribution is 0.0581. The molecular weight excluding hydrogens is 333 g/mol. The molecule has 0 aliphatic heterocycles. The lowest BCUT2D eigenvalue weighted by atomic mass is 10.2. The molecule has 0 unspecified atom stereocenters. The molecule has 1 rings (SSSR count). The second kappa shape index (κ2) is 5.16. The number of ether oxygens (including phenoxy) is 1. The largest absolute Gasteiger partial charge is 0.464 e. The van der Waals surface area contributed by atoms with E-state index in [1.807, 2.05) is 0 Å². The molecule has 0 aliphatic rings. The minimum atomic E-state index is -2.85. The number of nitrogens with zero attached hydrogens (tertiary/aromatic N) is 2. The maximum Gasteiger partial charge on any atom is 0.357 e. The van der Waals surface area contributed by atoms with Crippen molar-refractivity contribution in [3.05, 3.63) is 26.6 Å². The van der Waals surface area contributed by atoms with Crippen molar-refractivity contribution in [3.63, 3.8) is 0 Å². The Morgan fingerprint density at radius 1 is 1.69 bits per heavy atom. The lowest BCUT2D eigenvalue weighted by Crippen LogP contribution is -2.12. The van der Waals surface area contributed by atoms with E-state index >= 15 is 0 Å². The van der Waals surface area contributed by atoms with Crippen molar-refractivity contribution in [1.82, 2.24) is 4.98 Å². The number of esters is 1. The fourth-order valence-electron chi connectivity index (χ4n) is 1.04. The summed E-state index contributed by atoms with van der Waals surface area (Å²) >= 11 is 1.62. The molecule has 84 valence electrons. The van der Waals surface area contributed by atoms with E-state index in [1.165, 1.54) is 6.07 Å². The molecule has 0 saturated heterocycles. The Hall–Kier alpha value is -1.30. The van der Waals surface area contributed by atoms with Gasteiger partial charge in [-0.2, -0.15) is 5.26 Å². The number of methoxy groups -OCH3 is 1.